The highest BCUT2D eigenvalue weighted by molar-refractivity contribution is 6.35. The van der Waals surface area contributed by atoms with Crippen molar-refractivity contribution in [1.29, 1.82) is 0 Å². The summed E-state index contributed by atoms with van der Waals surface area (Å²) in [6.45, 7) is 12.1. The van der Waals surface area contributed by atoms with Crippen LogP contribution in [0.3, 0.4) is 0 Å². The number of carbonyl (C=O) groups excluding carboxylic acids is 2. The van der Waals surface area contributed by atoms with Gasteiger partial charge in [0, 0.05) is 37.6 Å². The molecule has 0 aliphatic rings. The predicted octanol–water partition coefficient (Wildman–Crippen LogP) is 2.98. The fourth-order valence-corrected chi connectivity index (χ4v) is 3.15. The molecule has 2 aromatic rings. The van der Waals surface area contributed by atoms with Crippen LogP contribution in [0.5, 0.6) is 0 Å². The van der Waals surface area contributed by atoms with Gasteiger partial charge in [-0.2, -0.15) is 10.2 Å². The van der Waals surface area contributed by atoms with Gasteiger partial charge in [-0.15, -0.1) is 0 Å². The first kappa shape index (κ1) is 24.6. The van der Waals surface area contributed by atoms with E-state index < -0.39 is 11.8 Å². The Labute approximate surface area is 190 Å². The second-order valence-electron chi connectivity index (χ2n) is 6.93. The van der Waals surface area contributed by atoms with Crippen LogP contribution < -0.4 is 20.7 Å². The smallest absolute Gasteiger partial charge is 0.331 e. The van der Waals surface area contributed by atoms with Gasteiger partial charge in [-0.3, -0.25) is 9.59 Å². The number of rotatable bonds is 10. The maximum atomic E-state index is 11.9. The summed E-state index contributed by atoms with van der Waals surface area (Å²) in [6, 6.07) is 15.6. The number of hydrogen-bond acceptors (Lipinski definition) is 6. The third kappa shape index (κ3) is 7.23. The fourth-order valence-electron chi connectivity index (χ4n) is 3.15. The summed E-state index contributed by atoms with van der Waals surface area (Å²) in [6.07, 6.45) is 2.97. The Morgan fingerprint density at radius 2 is 0.969 bits per heavy atom. The molecule has 0 fully saturated rings. The van der Waals surface area contributed by atoms with Crippen LogP contribution >= 0.6 is 0 Å². The highest BCUT2D eigenvalue weighted by atomic mass is 16.2. The molecule has 2 N–H and O–H groups in total. The van der Waals surface area contributed by atoms with Crippen LogP contribution in [0.1, 0.15) is 38.8 Å². The zero-order valence-corrected chi connectivity index (χ0v) is 19.2. The average molecular weight is 437 g/mol. The topological polar surface area (TPSA) is 89.4 Å². The van der Waals surface area contributed by atoms with E-state index in [1.165, 1.54) is 12.4 Å². The third-order valence-electron chi connectivity index (χ3n) is 5.01. The molecule has 0 aliphatic carbocycles. The molecule has 0 radical (unpaired) electrons. The van der Waals surface area contributed by atoms with Crippen molar-refractivity contribution in [1.82, 2.24) is 10.9 Å². The highest BCUT2D eigenvalue weighted by Gasteiger charge is 2.11. The van der Waals surface area contributed by atoms with Crippen molar-refractivity contribution in [3.05, 3.63) is 59.7 Å². The van der Waals surface area contributed by atoms with Crippen LogP contribution in [0, 0.1) is 0 Å². The van der Waals surface area contributed by atoms with Crippen molar-refractivity contribution in [2.75, 3.05) is 36.0 Å². The molecule has 0 atom stereocenters. The first-order chi connectivity index (χ1) is 15.5. The molecule has 8 heteroatoms. The predicted molar refractivity (Wildman–Crippen MR) is 131 cm³/mol. The van der Waals surface area contributed by atoms with Gasteiger partial charge in [0.2, 0.25) is 0 Å². The van der Waals surface area contributed by atoms with Gasteiger partial charge in [0.1, 0.15) is 0 Å². The number of amides is 2. The monoisotopic (exact) mass is 436 g/mol. The summed E-state index contributed by atoms with van der Waals surface area (Å²) in [5.74, 6) is -1.79. The number of hydrazone groups is 2. The molecule has 0 saturated heterocycles. The summed E-state index contributed by atoms with van der Waals surface area (Å²) >= 11 is 0. The second-order valence-corrected chi connectivity index (χ2v) is 6.93. The number of benzene rings is 2. The number of anilines is 2. The summed E-state index contributed by atoms with van der Waals surface area (Å²) < 4.78 is 0. The Morgan fingerprint density at radius 3 is 1.25 bits per heavy atom. The molecule has 0 unspecified atom stereocenters. The van der Waals surface area contributed by atoms with Crippen molar-refractivity contribution in [3.63, 3.8) is 0 Å². The van der Waals surface area contributed by atoms with E-state index in [9.17, 15) is 9.59 Å². The lowest BCUT2D eigenvalue weighted by Crippen LogP contribution is -2.35. The molecular weight excluding hydrogens is 404 g/mol. The zero-order chi connectivity index (χ0) is 23.3. The standard InChI is InChI=1S/C24H32N6O2/c1-5-29(6-2)21-13-9-19(10-14-21)17-25-27-23(31)24(32)28-26-18-20-11-15-22(16-12-20)30(7-3)8-4/h9-18H,5-8H2,1-4H3,(H,27,31)(H,28,32)/b25-17+,26-18+. The van der Waals surface area contributed by atoms with Crippen molar-refractivity contribution >= 4 is 35.6 Å². The van der Waals surface area contributed by atoms with E-state index >= 15 is 0 Å². The molecule has 2 aromatic carbocycles. The van der Waals surface area contributed by atoms with E-state index in [4.69, 9.17) is 0 Å². The van der Waals surface area contributed by atoms with E-state index in [0.717, 1.165) is 48.7 Å². The molecule has 0 aliphatic heterocycles. The number of nitrogens with one attached hydrogen (secondary N) is 2. The van der Waals surface area contributed by atoms with Crippen LogP contribution in [0.15, 0.2) is 58.7 Å². The lowest BCUT2D eigenvalue weighted by molar-refractivity contribution is -0.139. The van der Waals surface area contributed by atoms with Crippen LogP contribution in [-0.2, 0) is 9.59 Å². The minimum atomic E-state index is -0.893. The first-order valence-electron chi connectivity index (χ1n) is 10.9. The highest BCUT2D eigenvalue weighted by Crippen LogP contribution is 2.14. The molecular formula is C24H32N6O2. The molecule has 2 amide bonds. The molecule has 0 heterocycles. The Balaban J connectivity index is 1.82. The summed E-state index contributed by atoms with van der Waals surface area (Å²) in [5, 5.41) is 7.66. The van der Waals surface area contributed by atoms with Crippen molar-refractivity contribution in [2.24, 2.45) is 10.2 Å². The van der Waals surface area contributed by atoms with Gasteiger partial charge in [-0.1, -0.05) is 24.3 Å². The van der Waals surface area contributed by atoms with Crippen LogP contribution in [0.4, 0.5) is 11.4 Å². The molecule has 0 bridgehead atoms. The van der Waals surface area contributed by atoms with Gasteiger partial charge in [0.15, 0.2) is 0 Å². The SMILES string of the molecule is CCN(CC)c1ccc(/C=N/NC(=O)C(=O)N/N=C/c2ccc(N(CC)CC)cc2)cc1. The number of carbonyl (C=O) groups is 2. The van der Waals surface area contributed by atoms with Gasteiger partial charge in [0.05, 0.1) is 12.4 Å². The van der Waals surface area contributed by atoms with Crippen molar-refractivity contribution < 1.29 is 9.59 Å². The van der Waals surface area contributed by atoms with Crippen molar-refractivity contribution in [2.45, 2.75) is 27.7 Å². The largest absolute Gasteiger partial charge is 0.372 e. The number of hydrogen-bond donors (Lipinski definition) is 2. The average Bonchev–Trinajstić information content (AvgIpc) is 2.82. The van der Waals surface area contributed by atoms with Crippen LogP contribution in [0.25, 0.3) is 0 Å². The Morgan fingerprint density at radius 1 is 0.656 bits per heavy atom. The first-order valence-corrected chi connectivity index (χ1v) is 10.9. The summed E-state index contributed by atoms with van der Waals surface area (Å²) in [5.41, 5.74) is 8.27. The molecule has 8 nitrogen and oxygen atoms in total. The van der Waals surface area contributed by atoms with Gasteiger partial charge in [-0.05, 0) is 63.1 Å². The van der Waals surface area contributed by atoms with E-state index in [-0.39, 0.29) is 0 Å². The molecule has 32 heavy (non-hydrogen) atoms. The van der Waals surface area contributed by atoms with Crippen LogP contribution in [-0.4, -0.2) is 50.4 Å². The second kappa shape index (κ2) is 12.9. The van der Waals surface area contributed by atoms with Gasteiger partial charge in [0.25, 0.3) is 0 Å². The molecule has 0 saturated carbocycles. The van der Waals surface area contributed by atoms with Gasteiger partial charge < -0.3 is 9.80 Å². The quantitative estimate of drug-likeness (QED) is 0.340. The Hall–Kier alpha value is -3.68. The van der Waals surface area contributed by atoms with Crippen molar-refractivity contribution in [3.8, 4) is 0 Å². The van der Waals surface area contributed by atoms with Crippen LogP contribution in [0.2, 0.25) is 0 Å². The zero-order valence-electron chi connectivity index (χ0n) is 19.2. The minimum absolute atomic E-state index is 0.813. The van der Waals surface area contributed by atoms with E-state index in [1.807, 2.05) is 48.5 Å². The summed E-state index contributed by atoms with van der Waals surface area (Å²) in [7, 11) is 0. The molecule has 0 aromatic heterocycles. The maximum absolute atomic E-state index is 11.9. The van der Waals surface area contributed by atoms with Gasteiger partial charge in [-0.25, -0.2) is 10.9 Å². The lowest BCUT2D eigenvalue weighted by atomic mass is 10.2. The van der Waals surface area contributed by atoms with E-state index in [2.05, 4.69) is 58.5 Å². The third-order valence-corrected chi connectivity index (χ3v) is 5.01. The van der Waals surface area contributed by atoms with E-state index in [0.29, 0.717) is 0 Å². The Bertz CT molecular complexity index is 837. The lowest BCUT2D eigenvalue weighted by Gasteiger charge is -2.20. The molecule has 0 spiro atoms. The van der Waals surface area contributed by atoms with Gasteiger partial charge >= 0.3 is 11.8 Å². The molecule has 170 valence electrons. The Kier molecular flexibility index (Phi) is 9.90. The minimum Gasteiger partial charge on any atom is -0.372 e. The fraction of sp³-hybridized carbons (Fsp3) is 0.333. The summed E-state index contributed by atoms with van der Waals surface area (Å²) in [4.78, 5) is 28.2. The normalized spacial score (nSPS) is 11.0. The number of nitrogens with zero attached hydrogens (tertiary/aromatic N) is 4. The maximum Gasteiger partial charge on any atom is 0.331 e. The molecule has 2 rings (SSSR count). The van der Waals surface area contributed by atoms with E-state index in [1.54, 1.807) is 0 Å².